The summed E-state index contributed by atoms with van der Waals surface area (Å²) in [5, 5.41) is 6.81. The smallest absolute Gasteiger partial charge is 0.155 e. The number of furan rings is 1. The number of hydrogen-bond donors (Lipinski definition) is 0. The Hall–Kier alpha value is -5.94. The van der Waals surface area contributed by atoms with E-state index in [-0.39, 0.29) is 25.7 Å². The van der Waals surface area contributed by atoms with Crippen LogP contribution in [-0.2, 0) is 20.1 Å². The summed E-state index contributed by atoms with van der Waals surface area (Å²) in [7, 11) is 0. The monoisotopic (exact) mass is 838 g/mol. The number of aromatic nitrogens is 4. The summed E-state index contributed by atoms with van der Waals surface area (Å²) in [6.45, 7) is -0.0545. The van der Waals surface area contributed by atoms with Gasteiger partial charge in [-0.1, -0.05) is 89.8 Å². The van der Waals surface area contributed by atoms with Crippen molar-refractivity contribution in [3.63, 3.8) is 0 Å². The molecule has 0 aliphatic carbocycles. The number of aryl methyl sites for hydroxylation is 2. The van der Waals surface area contributed by atoms with Gasteiger partial charge < -0.3 is 14.0 Å². The fraction of sp³-hybridized carbons (Fsp3) is 0.0444. The van der Waals surface area contributed by atoms with Crippen molar-refractivity contribution in [1.29, 1.82) is 0 Å². The Morgan fingerprint density at radius 1 is 0.667 bits per heavy atom. The van der Waals surface area contributed by atoms with Crippen LogP contribution in [0.25, 0.3) is 83.0 Å². The van der Waals surface area contributed by atoms with E-state index in [0.29, 0.717) is 0 Å². The van der Waals surface area contributed by atoms with Crippen LogP contribution in [0.3, 0.4) is 0 Å². The summed E-state index contributed by atoms with van der Waals surface area (Å²) >= 11 is 0. The molecule has 4 heterocycles. The first-order valence-electron chi connectivity index (χ1n) is 17.9. The Bertz CT molecular complexity index is 2940. The number of imidazole rings is 1. The standard InChI is InChI=1S/C33H20N3O.C12H10N.Ir/c1-20-18-28-33(34-19-20)36(23-9-3-2-4-10-23)32(35-28)27-13-7-12-25-26-17-16-22-15-14-21-8-5-6-11-24(21)29(22)31(26)37-30(25)27;1-10-7-8-12(13-9-10)11-5-3-2-4-6-11;/h2-12,14-19H,1H3;2-5,7-9H,1H3;/q2*-1;/i;1D3;. The molecule has 1 radical (unpaired) electrons. The largest absolute Gasteiger partial charge is 0.500 e. The Morgan fingerprint density at radius 2 is 1.45 bits per heavy atom. The number of nitrogens with zero attached hydrogens (tertiary/aromatic N) is 4. The van der Waals surface area contributed by atoms with Crippen molar-refractivity contribution in [2.45, 2.75) is 13.8 Å². The van der Waals surface area contributed by atoms with Gasteiger partial charge in [0.15, 0.2) is 5.65 Å². The zero-order valence-electron chi connectivity index (χ0n) is 30.4. The maximum Gasteiger partial charge on any atom is 0.155 e. The van der Waals surface area contributed by atoms with Crippen molar-refractivity contribution in [2.24, 2.45) is 0 Å². The molecule has 0 N–H and O–H groups in total. The predicted octanol–water partition coefficient (Wildman–Crippen LogP) is 11.3. The molecule has 6 aromatic carbocycles. The van der Waals surface area contributed by atoms with E-state index < -0.39 is 6.85 Å². The normalized spacial score (nSPS) is 12.3. The SMILES string of the molecule is Cc1cnc2c(c1)nc(-c1[c-]ccc3c1oc1c3ccc3ccc4ccccc4c31)n2-c1ccccc1.[2H]C([2H])([2H])c1ccc(-c2[c-]cccc2)nc1.[Ir]. The first kappa shape index (κ1) is 28.9. The van der Waals surface area contributed by atoms with Crippen molar-refractivity contribution < 1.29 is 28.6 Å². The Morgan fingerprint density at radius 3 is 2.27 bits per heavy atom. The summed E-state index contributed by atoms with van der Waals surface area (Å²) < 4.78 is 30.6. The first-order valence-corrected chi connectivity index (χ1v) is 16.4. The van der Waals surface area contributed by atoms with Crippen molar-refractivity contribution in [1.82, 2.24) is 19.5 Å². The molecule has 10 aromatic rings. The molecule has 51 heavy (non-hydrogen) atoms. The van der Waals surface area contributed by atoms with Gasteiger partial charge in [0.25, 0.3) is 0 Å². The van der Waals surface area contributed by atoms with Crippen LogP contribution in [0.2, 0.25) is 0 Å². The average molecular weight is 838 g/mol. The van der Waals surface area contributed by atoms with Crippen LogP contribution in [0.15, 0.2) is 150 Å². The zero-order chi connectivity index (χ0) is 36.1. The van der Waals surface area contributed by atoms with Crippen LogP contribution in [0, 0.1) is 25.9 Å². The van der Waals surface area contributed by atoms with Crippen molar-refractivity contribution in [3.05, 3.63) is 169 Å². The number of para-hydroxylation sites is 1. The Balaban J connectivity index is 0.000000206. The zero-order valence-corrected chi connectivity index (χ0v) is 29.8. The van der Waals surface area contributed by atoms with Crippen LogP contribution >= 0.6 is 0 Å². The second-order valence-electron chi connectivity index (χ2n) is 12.2. The van der Waals surface area contributed by atoms with Crippen LogP contribution in [0.5, 0.6) is 0 Å². The summed E-state index contributed by atoms with van der Waals surface area (Å²) in [6.07, 6.45) is 3.28. The molecular weight excluding hydrogens is 805 g/mol. The van der Waals surface area contributed by atoms with E-state index >= 15 is 0 Å². The summed E-state index contributed by atoms with van der Waals surface area (Å²) in [5.74, 6) is 0.762. The summed E-state index contributed by atoms with van der Waals surface area (Å²) in [5.41, 5.74) is 8.06. The molecule has 0 saturated carbocycles. The average Bonchev–Trinajstić information content (AvgIpc) is 3.77. The molecule has 0 fully saturated rings. The fourth-order valence-corrected chi connectivity index (χ4v) is 6.61. The molecule has 0 amide bonds. The number of fused-ring (bicyclic) bond motifs is 8. The van der Waals surface area contributed by atoms with E-state index in [9.17, 15) is 0 Å². The molecule has 0 aliphatic heterocycles. The second-order valence-corrected chi connectivity index (χ2v) is 12.2. The van der Waals surface area contributed by atoms with Gasteiger partial charge in [0.1, 0.15) is 5.58 Å². The minimum absolute atomic E-state index is 0. The van der Waals surface area contributed by atoms with Gasteiger partial charge in [0.2, 0.25) is 0 Å². The summed E-state index contributed by atoms with van der Waals surface area (Å²) in [4.78, 5) is 13.9. The van der Waals surface area contributed by atoms with Crippen LogP contribution in [0.4, 0.5) is 0 Å². The number of pyridine rings is 2. The molecule has 5 nitrogen and oxygen atoms in total. The van der Waals surface area contributed by atoms with E-state index in [1.54, 1.807) is 18.2 Å². The third-order valence-electron chi connectivity index (χ3n) is 8.93. The molecule has 247 valence electrons. The van der Waals surface area contributed by atoms with Gasteiger partial charge in [0.05, 0.1) is 16.9 Å². The van der Waals surface area contributed by atoms with Crippen molar-refractivity contribution in [2.75, 3.05) is 0 Å². The fourth-order valence-electron chi connectivity index (χ4n) is 6.61. The molecule has 4 aromatic heterocycles. The van der Waals surface area contributed by atoms with E-state index in [0.717, 1.165) is 77.8 Å². The first-order chi connectivity index (χ1) is 25.8. The Labute approximate surface area is 312 Å². The van der Waals surface area contributed by atoms with Crippen LogP contribution in [0.1, 0.15) is 15.2 Å². The van der Waals surface area contributed by atoms with Gasteiger partial charge in [-0.05, 0) is 65.0 Å². The molecule has 6 heteroatoms. The van der Waals surface area contributed by atoms with E-state index in [1.165, 1.54) is 17.0 Å². The number of benzene rings is 6. The number of rotatable bonds is 3. The molecule has 0 aliphatic rings. The molecule has 0 bridgehead atoms. The third-order valence-corrected chi connectivity index (χ3v) is 8.93. The predicted molar refractivity (Wildman–Crippen MR) is 203 cm³/mol. The van der Waals surface area contributed by atoms with Crippen LogP contribution in [-0.4, -0.2) is 19.5 Å². The van der Waals surface area contributed by atoms with Gasteiger partial charge in [0, 0.05) is 53.1 Å². The molecule has 0 atom stereocenters. The van der Waals surface area contributed by atoms with Gasteiger partial charge in [-0.2, -0.15) is 0 Å². The maximum atomic E-state index is 7.23. The van der Waals surface area contributed by atoms with E-state index in [4.69, 9.17) is 18.5 Å². The molecule has 0 spiro atoms. The van der Waals surface area contributed by atoms with E-state index in [1.807, 2.05) is 55.6 Å². The maximum absolute atomic E-state index is 7.23. The summed E-state index contributed by atoms with van der Waals surface area (Å²) in [6, 6.07) is 50.7. The van der Waals surface area contributed by atoms with Crippen molar-refractivity contribution >= 4 is 54.6 Å². The second kappa shape index (κ2) is 13.4. The van der Waals surface area contributed by atoms with Gasteiger partial charge >= 0.3 is 0 Å². The van der Waals surface area contributed by atoms with Gasteiger partial charge in [-0.15, -0.1) is 54.1 Å². The molecule has 10 rings (SSSR count). The third kappa shape index (κ3) is 5.79. The topological polar surface area (TPSA) is 56.7 Å². The van der Waals surface area contributed by atoms with Crippen molar-refractivity contribution in [3.8, 4) is 28.3 Å². The van der Waals surface area contributed by atoms with Crippen LogP contribution < -0.4 is 0 Å². The minimum atomic E-state index is -2.09. The number of hydrogen-bond acceptors (Lipinski definition) is 4. The van der Waals surface area contributed by atoms with E-state index in [2.05, 4.69) is 94.5 Å². The molecule has 0 saturated heterocycles. The minimum Gasteiger partial charge on any atom is -0.500 e. The molecule has 0 unspecified atom stereocenters. The van der Waals surface area contributed by atoms with Gasteiger partial charge in [-0.3, -0.25) is 4.98 Å². The Kier molecular flexibility index (Phi) is 7.58. The quantitative estimate of drug-likeness (QED) is 0.131. The van der Waals surface area contributed by atoms with Gasteiger partial charge in [-0.25, -0.2) is 4.98 Å². The molecular formula is C45H30IrN4O-2.